The number of benzene rings is 9. The predicted molar refractivity (Wildman–Crippen MR) is 258 cm³/mol. The molecule has 0 atom stereocenters. The molecule has 0 saturated carbocycles. The second-order valence-corrected chi connectivity index (χ2v) is 15.8. The highest BCUT2D eigenvalue weighted by molar-refractivity contribution is 6.26. The molecule has 0 amide bonds. The molecule has 0 saturated heterocycles. The van der Waals surface area contributed by atoms with Gasteiger partial charge in [0.2, 0.25) is 0 Å². The normalized spacial score (nSPS) is 11.5. The monoisotopic (exact) mass is 790 g/mol. The van der Waals surface area contributed by atoms with Crippen molar-refractivity contribution in [1.82, 2.24) is 19.1 Å². The molecule has 4 nitrogen and oxygen atoms in total. The van der Waals surface area contributed by atoms with E-state index in [9.17, 15) is 0 Å². The second kappa shape index (κ2) is 14.7. The summed E-state index contributed by atoms with van der Waals surface area (Å²) in [7, 11) is 0. The van der Waals surface area contributed by atoms with Crippen molar-refractivity contribution in [1.29, 1.82) is 0 Å². The summed E-state index contributed by atoms with van der Waals surface area (Å²) in [5.74, 6) is 0.689. The van der Waals surface area contributed by atoms with E-state index < -0.39 is 0 Å². The van der Waals surface area contributed by atoms with Crippen molar-refractivity contribution in [2.75, 3.05) is 0 Å². The van der Waals surface area contributed by atoms with E-state index in [-0.39, 0.29) is 0 Å². The van der Waals surface area contributed by atoms with Crippen LogP contribution in [0.25, 0.3) is 111 Å². The maximum Gasteiger partial charge on any atom is 0.160 e. The zero-order chi connectivity index (χ0) is 41.0. The Hall–Kier alpha value is -8.34. The van der Waals surface area contributed by atoms with Gasteiger partial charge < -0.3 is 9.13 Å². The highest BCUT2D eigenvalue weighted by Crippen LogP contribution is 2.42. The van der Waals surface area contributed by atoms with Crippen molar-refractivity contribution in [2.24, 2.45) is 0 Å². The fourth-order valence-electron chi connectivity index (χ4n) is 9.21. The molecule has 62 heavy (non-hydrogen) atoms. The van der Waals surface area contributed by atoms with E-state index in [1.54, 1.807) is 0 Å². The maximum absolute atomic E-state index is 5.23. The molecule has 0 aliphatic rings. The summed E-state index contributed by atoms with van der Waals surface area (Å²) in [6.45, 7) is 0. The molecule has 0 unspecified atom stereocenters. The molecule has 0 aliphatic carbocycles. The van der Waals surface area contributed by atoms with Gasteiger partial charge >= 0.3 is 0 Å². The van der Waals surface area contributed by atoms with E-state index in [0.29, 0.717) is 5.82 Å². The Morgan fingerprint density at radius 2 is 0.758 bits per heavy atom. The van der Waals surface area contributed by atoms with E-state index in [1.165, 1.54) is 60.3 Å². The van der Waals surface area contributed by atoms with Crippen LogP contribution in [0.4, 0.5) is 0 Å². The van der Waals surface area contributed by atoms with E-state index >= 15 is 0 Å². The summed E-state index contributed by atoms with van der Waals surface area (Å²) < 4.78 is 4.83. The fourth-order valence-corrected chi connectivity index (χ4v) is 9.21. The van der Waals surface area contributed by atoms with E-state index in [0.717, 1.165) is 45.0 Å². The van der Waals surface area contributed by atoms with Crippen molar-refractivity contribution < 1.29 is 0 Å². The lowest BCUT2D eigenvalue weighted by Gasteiger charge is -2.12. The van der Waals surface area contributed by atoms with Crippen molar-refractivity contribution in [2.45, 2.75) is 0 Å². The summed E-state index contributed by atoms with van der Waals surface area (Å²) in [6, 6.07) is 82.0. The number of para-hydroxylation sites is 3. The van der Waals surface area contributed by atoms with Gasteiger partial charge in [-0.3, -0.25) is 0 Å². The number of rotatable bonds is 7. The van der Waals surface area contributed by atoms with Crippen molar-refractivity contribution >= 4 is 43.6 Å². The van der Waals surface area contributed by atoms with E-state index in [2.05, 4.69) is 234 Å². The van der Waals surface area contributed by atoms with Crippen LogP contribution in [-0.4, -0.2) is 19.1 Å². The zero-order valence-corrected chi connectivity index (χ0v) is 33.7. The van der Waals surface area contributed by atoms with Crippen LogP contribution in [-0.2, 0) is 0 Å². The van der Waals surface area contributed by atoms with Gasteiger partial charge in [0.1, 0.15) is 0 Å². The minimum absolute atomic E-state index is 0.689. The average molecular weight is 791 g/mol. The largest absolute Gasteiger partial charge is 0.309 e. The van der Waals surface area contributed by atoms with Gasteiger partial charge in [-0.1, -0.05) is 176 Å². The van der Waals surface area contributed by atoms with E-state index in [4.69, 9.17) is 9.97 Å². The fraction of sp³-hybridized carbons (Fsp3) is 0. The number of aromatic nitrogens is 4. The van der Waals surface area contributed by atoms with Crippen LogP contribution in [0.5, 0.6) is 0 Å². The molecule has 12 rings (SSSR count). The molecule has 0 aliphatic heterocycles. The first-order chi connectivity index (χ1) is 30.7. The Balaban J connectivity index is 0.976. The number of nitrogens with zero attached hydrogens (tertiary/aromatic N) is 4. The second-order valence-electron chi connectivity index (χ2n) is 15.8. The Morgan fingerprint density at radius 3 is 1.44 bits per heavy atom. The van der Waals surface area contributed by atoms with Crippen molar-refractivity contribution in [3.63, 3.8) is 0 Å². The molecule has 4 heteroatoms. The van der Waals surface area contributed by atoms with Crippen LogP contribution in [0.1, 0.15) is 0 Å². The molecule has 12 aromatic rings. The van der Waals surface area contributed by atoms with Gasteiger partial charge in [0.25, 0.3) is 0 Å². The van der Waals surface area contributed by atoms with Crippen LogP contribution < -0.4 is 0 Å². The Bertz CT molecular complexity index is 3590. The first-order valence-electron chi connectivity index (χ1n) is 21.1. The molecule has 0 radical (unpaired) electrons. The van der Waals surface area contributed by atoms with Crippen LogP contribution >= 0.6 is 0 Å². The van der Waals surface area contributed by atoms with Crippen LogP contribution in [0, 0.1) is 0 Å². The number of fused-ring (bicyclic) bond motifs is 7. The summed E-state index contributed by atoms with van der Waals surface area (Å²) in [5.41, 5.74) is 16.5. The van der Waals surface area contributed by atoms with Crippen LogP contribution in [0.3, 0.4) is 0 Å². The zero-order valence-electron chi connectivity index (χ0n) is 33.7. The molecular formula is C58H38N4. The van der Waals surface area contributed by atoms with Crippen molar-refractivity contribution in [3.8, 4) is 67.5 Å². The molecular weight excluding hydrogens is 753 g/mol. The van der Waals surface area contributed by atoms with Gasteiger partial charge in [0.05, 0.1) is 33.5 Å². The predicted octanol–water partition coefficient (Wildman–Crippen LogP) is 15.0. The molecule has 0 N–H and O–H groups in total. The quantitative estimate of drug-likeness (QED) is 0.161. The van der Waals surface area contributed by atoms with Gasteiger partial charge in [0.15, 0.2) is 5.82 Å². The van der Waals surface area contributed by atoms with Gasteiger partial charge in [-0.2, -0.15) is 0 Å². The molecule has 0 bridgehead atoms. The van der Waals surface area contributed by atoms with Crippen LogP contribution in [0.2, 0.25) is 0 Å². The SMILES string of the molecule is c1ccc(-c2cccc(-c3ccc(-c4nc(-c5ccccc5)cc(-c5ccc(-n6c7ccccc7c7ccc8c(c9ccccc9n8-c8ccccc8)c76)cc5)n4)cc3)c2)cc1. The standard InChI is InChI=1S/C58H38N4/c1-4-15-39(16-5-1)44-19-14-20-45(37-44)40-27-29-43(30-28-40)58-59-51(41-17-6-2-7-18-41)38-52(60-58)42-31-33-47(34-32-42)62-53-25-12-10-23-48(53)49-35-36-55-56(57(49)62)50-24-11-13-26-54(50)61(55)46-21-8-3-9-22-46/h1-38H. The number of hydrogen-bond donors (Lipinski definition) is 0. The Labute approximate surface area is 359 Å². The lowest BCUT2D eigenvalue weighted by molar-refractivity contribution is 1.17. The van der Waals surface area contributed by atoms with Gasteiger partial charge in [-0.25, -0.2) is 9.97 Å². The Morgan fingerprint density at radius 1 is 0.274 bits per heavy atom. The summed E-state index contributed by atoms with van der Waals surface area (Å²) in [6.07, 6.45) is 0. The first kappa shape index (κ1) is 35.6. The minimum Gasteiger partial charge on any atom is -0.309 e. The van der Waals surface area contributed by atoms with Crippen molar-refractivity contribution in [3.05, 3.63) is 231 Å². The maximum atomic E-state index is 5.23. The minimum atomic E-state index is 0.689. The third kappa shape index (κ3) is 6.00. The van der Waals surface area contributed by atoms with Gasteiger partial charge in [0, 0.05) is 49.6 Å². The van der Waals surface area contributed by atoms with Crippen LogP contribution in [0.15, 0.2) is 231 Å². The summed E-state index contributed by atoms with van der Waals surface area (Å²) >= 11 is 0. The van der Waals surface area contributed by atoms with Gasteiger partial charge in [-0.15, -0.1) is 0 Å². The summed E-state index contributed by atoms with van der Waals surface area (Å²) in [5, 5.41) is 4.93. The van der Waals surface area contributed by atoms with E-state index in [1.807, 2.05) is 6.07 Å². The third-order valence-electron chi connectivity index (χ3n) is 12.1. The molecule has 3 heterocycles. The highest BCUT2D eigenvalue weighted by Gasteiger charge is 2.21. The number of hydrogen-bond acceptors (Lipinski definition) is 2. The third-order valence-corrected chi connectivity index (χ3v) is 12.1. The molecule has 9 aromatic carbocycles. The smallest absolute Gasteiger partial charge is 0.160 e. The highest BCUT2D eigenvalue weighted by atomic mass is 15.0. The first-order valence-corrected chi connectivity index (χ1v) is 21.1. The molecule has 290 valence electrons. The lowest BCUT2D eigenvalue weighted by Crippen LogP contribution is -1.97. The topological polar surface area (TPSA) is 35.6 Å². The summed E-state index contributed by atoms with van der Waals surface area (Å²) in [4.78, 5) is 10.4. The van der Waals surface area contributed by atoms with Gasteiger partial charge in [-0.05, 0) is 76.9 Å². The molecule has 0 spiro atoms. The molecule has 0 fully saturated rings. The average Bonchev–Trinajstić information content (AvgIpc) is 3.88. The Kier molecular flexibility index (Phi) is 8.46. The lowest BCUT2D eigenvalue weighted by atomic mass is 9.98. The molecule has 3 aromatic heterocycles.